The van der Waals surface area contributed by atoms with Crippen molar-refractivity contribution in [2.75, 3.05) is 13.6 Å². The van der Waals surface area contributed by atoms with E-state index >= 15 is 0 Å². The summed E-state index contributed by atoms with van der Waals surface area (Å²) in [6.07, 6.45) is 7.36. The Balaban J connectivity index is 1.60. The number of nitrogens with zero attached hydrogens (tertiary/aromatic N) is 2. The summed E-state index contributed by atoms with van der Waals surface area (Å²) in [6.45, 7) is 2.01. The first-order valence-corrected chi connectivity index (χ1v) is 8.20. The smallest absolute Gasteiger partial charge is 0.251 e. The molecule has 0 bridgehead atoms. The van der Waals surface area contributed by atoms with Crippen LogP contribution in [-0.4, -0.2) is 35.4 Å². The molecule has 3 rings (SSSR count). The molecule has 120 valence electrons. The van der Waals surface area contributed by atoms with E-state index in [1.165, 1.54) is 24.0 Å². The average Bonchev–Trinajstić information content (AvgIpc) is 3.44. The molecule has 2 aromatic rings. The highest BCUT2D eigenvalue weighted by atomic mass is 16.1. The molecular weight excluding hydrogens is 286 g/mol. The second-order valence-corrected chi connectivity index (χ2v) is 6.08. The summed E-state index contributed by atoms with van der Waals surface area (Å²) >= 11 is 0. The predicted octanol–water partition coefficient (Wildman–Crippen LogP) is 2.65. The van der Waals surface area contributed by atoms with E-state index in [0.717, 1.165) is 25.6 Å². The molecule has 1 aromatic carbocycles. The fraction of sp³-hybridized carbons (Fsp3) is 0.368. The van der Waals surface area contributed by atoms with Crippen molar-refractivity contribution < 1.29 is 4.79 Å². The second-order valence-electron chi connectivity index (χ2n) is 6.08. The lowest BCUT2D eigenvalue weighted by atomic mass is 10.1. The van der Waals surface area contributed by atoms with Crippen LogP contribution in [-0.2, 0) is 13.0 Å². The molecule has 4 nitrogen and oxygen atoms in total. The van der Waals surface area contributed by atoms with Gasteiger partial charge in [0.2, 0.25) is 0 Å². The van der Waals surface area contributed by atoms with Gasteiger partial charge < -0.3 is 5.32 Å². The van der Waals surface area contributed by atoms with Gasteiger partial charge >= 0.3 is 0 Å². The number of hydrogen-bond donors (Lipinski definition) is 1. The Kier molecular flexibility index (Phi) is 5.03. The molecule has 1 aromatic heterocycles. The van der Waals surface area contributed by atoms with E-state index in [-0.39, 0.29) is 5.91 Å². The summed E-state index contributed by atoms with van der Waals surface area (Å²) < 4.78 is 0. The Morgan fingerprint density at radius 1 is 1.13 bits per heavy atom. The third-order valence-corrected chi connectivity index (χ3v) is 4.33. The van der Waals surface area contributed by atoms with Crippen molar-refractivity contribution in [2.45, 2.75) is 31.8 Å². The van der Waals surface area contributed by atoms with Gasteiger partial charge in [-0.15, -0.1) is 0 Å². The topological polar surface area (TPSA) is 45.2 Å². The Labute approximate surface area is 137 Å². The van der Waals surface area contributed by atoms with Crippen LogP contribution < -0.4 is 5.32 Å². The molecule has 1 N–H and O–H groups in total. The third-order valence-electron chi connectivity index (χ3n) is 4.33. The number of rotatable bonds is 7. The van der Waals surface area contributed by atoms with Crippen LogP contribution in [0.4, 0.5) is 0 Å². The molecule has 1 aliphatic carbocycles. The summed E-state index contributed by atoms with van der Waals surface area (Å²) in [6, 6.07) is 12.8. The minimum absolute atomic E-state index is 0.0340. The molecule has 0 atom stereocenters. The van der Waals surface area contributed by atoms with Crippen molar-refractivity contribution >= 4 is 5.91 Å². The lowest BCUT2D eigenvalue weighted by molar-refractivity contribution is 0.0963. The lowest BCUT2D eigenvalue weighted by Crippen LogP contribution is -2.28. The fourth-order valence-corrected chi connectivity index (χ4v) is 2.79. The maximum atomic E-state index is 11.6. The number of nitrogens with one attached hydrogen (secondary N) is 1. The minimum Gasteiger partial charge on any atom is -0.355 e. The van der Waals surface area contributed by atoms with Gasteiger partial charge in [0, 0.05) is 44.1 Å². The summed E-state index contributed by atoms with van der Waals surface area (Å²) in [5, 5.41) is 2.65. The number of hydrogen-bond acceptors (Lipinski definition) is 3. The Morgan fingerprint density at radius 2 is 1.83 bits per heavy atom. The first-order valence-electron chi connectivity index (χ1n) is 8.20. The van der Waals surface area contributed by atoms with E-state index < -0.39 is 0 Å². The van der Waals surface area contributed by atoms with Crippen molar-refractivity contribution in [1.29, 1.82) is 0 Å². The molecule has 1 aliphatic rings. The van der Waals surface area contributed by atoms with Crippen LogP contribution in [0.5, 0.6) is 0 Å². The van der Waals surface area contributed by atoms with E-state index in [9.17, 15) is 4.79 Å². The highest BCUT2D eigenvalue weighted by Gasteiger charge is 2.28. The van der Waals surface area contributed by atoms with Gasteiger partial charge in [-0.25, -0.2) is 0 Å². The standard InChI is InChI=1S/C19H23N3O/c1-20-19(23)17-4-2-16(3-5-17)14-22(18-6-7-18)13-10-15-8-11-21-12-9-15/h2-5,8-9,11-12,18H,6-7,10,13-14H2,1H3,(H,20,23). The number of amides is 1. The quantitative estimate of drug-likeness (QED) is 0.855. The van der Waals surface area contributed by atoms with E-state index in [2.05, 4.69) is 39.5 Å². The van der Waals surface area contributed by atoms with E-state index in [1.54, 1.807) is 7.05 Å². The van der Waals surface area contributed by atoms with Crippen molar-refractivity contribution in [2.24, 2.45) is 0 Å². The number of pyridine rings is 1. The van der Waals surface area contributed by atoms with Crippen LogP contribution in [0.2, 0.25) is 0 Å². The van der Waals surface area contributed by atoms with Crippen LogP contribution in [0, 0.1) is 0 Å². The third kappa shape index (κ3) is 4.39. The van der Waals surface area contributed by atoms with Gasteiger partial charge in [-0.1, -0.05) is 12.1 Å². The molecule has 1 fully saturated rings. The average molecular weight is 309 g/mol. The minimum atomic E-state index is -0.0340. The van der Waals surface area contributed by atoms with Gasteiger partial charge in [-0.2, -0.15) is 0 Å². The highest BCUT2D eigenvalue weighted by molar-refractivity contribution is 5.93. The fourth-order valence-electron chi connectivity index (χ4n) is 2.79. The predicted molar refractivity (Wildman–Crippen MR) is 91.2 cm³/mol. The molecule has 4 heteroatoms. The Morgan fingerprint density at radius 3 is 2.43 bits per heavy atom. The Bertz CT molecular complexity index is 635. The summed E-state index contributed by atoms with van der Waals surface area (Å²) in [4.78, 5) is 18.2. The molecule has 0 saturated heterocycles. The summed E-state index contributed by atoms with van der Waals surface area (Å²) in [7, 11) is 1.66. The number of carbonyl (C=O) groups is 1. The molecule has 1 heterocycles. The molecule has 23 heavy (non-hydrogen) atoms. The molecule has 0 radical (unpaired) electrons. The maximum absolute atomic E-state index is 11.6. The molecule has 0 spiro atoms. The molecule has 0 unspecified atom stereocenters. The van der Waals surface area contributed by atoms with Crippen molar-refractivity contribution in [3.63, 3.8) is 0 Å². The highest BCUT2D eigenvalue weighted by Crippen LogP contribution is 2.28. The van der Waals surface area contributed by atoms with E-state index in [1.807, 2.05) is 24.5 Å². The van der Waals surface area contributed by atoms with Gasteiger partial charge in [0.05, 0.1) is 0 Å². The van der Waals surface area contributed by atoms with Gasteiger partial charge in [-0.3, -0.25) is 14.7 Å². The number of benzene rings is 1. The zero-order valence-electron chi connectivity index (χ0n) is 13.5. The van der Waals surface area contributed by atoms with Crippen molar-refractivity contribution in [3.8, 4) is 0 Å². The lowest BCUT2D eigenvalue weighted by Gasteiger charge is -2.22. The zero-order chi connectivity index (χ0) is 16.1. The van der Waals surface area contributed by atoms with Gasteiger partial charge in [0.1, 0.15) is 0 Å². The monoisotopic (exact) mass is 309 g/mol. The first-order chi connectivity index (χ1) is 11.3. The van der Waals surface area contributed by atoms with Crippen molar-refractivity contribution in [3.05, 3.63) is 65.5 Å². The Hall–Kier alpha value is -2.20. The summed E-state index contributed by atoms with van der Waals surface area (Å²) in [5.41, 5.74) is 3.31. The van der Waals surface area contributed by atoms with Crippen LogP contribution >= 0.6 is 0 Å². The van der Waals surface area contributed by atoms with Crippen LogP contribution in [0.25, 0.3) is 0 Å². The molecular formula is C19H23N3O. The summed E-state index contributed by atoms with van der Waals surface area (Å²) in [5.74, 6) is -0.0340. The van der Waals surface area contributed by atoms with Crippen LogP contribution in [0.3, 0.4) is 0 Å². The number of aromatic nitrogens is 1. The van der Waals surface area contributed by atoms with Gasteiger partial charge in [-0.05, 0) is 54.7 Å². The van der Waals surface area contributed by atoms with Crippen LogP contribution in [0.1, 0.15) is 34.3 Å². The SMILES string of the molecule is CNC(=O)c1ccc(CN(CCc2ccncc2)C2CC2)cc1. The molecule has 1 saturated carbocycles. The first kappa shape index (κ1) is 15.7. The van der Waals surface area contributed by atoms with Crippen LogP contribution in [0.15, 0.2) is 48.8 Å². The largest absolute Gasteiger partial charge is 0.355 e. The van der Waals surface area contributed by atoms with E-state index in [4.69, 9.17) is 0 Å². The van der Waals surface area contributed by atoms with Crippen molar-refractivity contribution in [1.82, 2.24) is 15.2 Å². The number of carbonyl (C=O) groups excluding carboxylic acids is 1. The van der Waals surface area contributed by atoms with E-state index in [0.29, 0.717) is 5.56 Å². The molecule has 0 aliphatic heterocycles. The maximum Gasteiger partial charge on any atom is 0.251 e. The van der Waals surface area contributed by atoms with Gasteiger partial charge in [0.15, 0.2) is 0 Å². The zero-order valence-corrected chi connectivity index (χ0v) is 13.5. The normalized spacial score (nSPS) is 14.0. The molecule has 1 amide bonds. The van der Waals surface area contributed by atoms with Gasteiger partial charge in [0.25, 0.3) is 5.91 Å². The second kappa shape index (κ2) is 7.38.